The van der Waals surface area contributed by atoms with Crippen molar-refractivity contribution in [3.05, 3.63) is 76.1 Å². The summed E-state index contributed by atoms with van der Waals surface area (Å²) < 4.78 is 1.85. The predicted octanol–water partition coefficient (Wildman–Crippen LogP) is 5.31. The van der Waals surface area contributed by atoms with Gasteiger partial charge in [-0.3, -0.25) is 9.36 Å². The monoisotopic (exact) mass is 487 g/mol. The Hall–Kier alpha value is -3.42. The highest BCUT2D eigenvalue weighted by Gasteiger charge is 2.29. The zero-order valence-electron chi connectivity index (χ0n) is 19.5. The molecule has 2 aliphatic rings. The van der Waals surface area contributed by atoms with Gasteiger partial charge in [-0.15, -0.1) is 0 Å². The van der Waals surface area contributed by atoms with Crippen LogP contribution in [0.15, 0.2) is 48.8 Å². The van der Waals surface area contributed by atoms with Crippen molar-refractivity contribution in [1.82, 2.24) is 19.4 Å². The lowest BCUT2D eigenvalue weighted by Crippen LogP contribution is -2.33. The highest BCUT2D eigenvalue weighted by atomic mass is 35.5. The Morgan fingerprint density at radius 2 is 2.09 bits per heavy atom. The number of carboxylic acids is 1. The molecule has 0 bridgehead atoms. The number of hydrogen-bond acceptors (Lipinski definition) is 5. The number of aryl methyl sites for hydroxylation is 1. The molecule has 2 aromatic heterocycles. The lowest BCUT2D eigenvalue weighted by molar-refractivity contribution is -0.136. The van der Waals surface area contributed by atoms with Gasteiger partial charge in [-0.2, -0.15) is 4.98 Å². The fourth-order valence-corrected chi connectivity index (χ4v) is 5.94. The van der Waals surface area contributed by atoms with E-state index in [1.54, 1.807) is 18.0 Å². The number of aliphatic carboxylic acids is 1. The number of carbonyl (C=O) groups is 1. The van der Waals surface area contributed by atoms with Crippen molar-refractivity contribution in [3.63, 3.8) is 0 Å². The maximum Gasteiger partial charge on any atom is 0.307 e. The predicted molar refractivity (Wildman–Crippen MR) is 137 cm³/mol. The molecular weight excluding hydrogens is 462 g/mol. The molecular formula is C27H26ClN5O2. The Morgan fingerprint density at radius 3 is 2.94 bits per heavy atom. The number of nitrogens with zero attached hydrogens (tertiary/aromatic N) is 4. The molecule has 7 nitrogen and oxygen atoms in total. The molecule has 3 heterocycles. The van der Waals surface area contributed by atoms with Crippen molar-refractivity contribution in [2.24, 2.45) is 0 Å². The number of halogens is 1. The molecule has 1 aliphatic carbocycles. The quantitative estimate of drug-likeness (QED) is 0.397. The molecule has 6 rings (SSSR count). The van der Waals surface area contributed by atoms with E-state index < -0.39 is 5.97 Å². The van der Waals surface area contributed by atoms with Gasteiger partial charge in [-0.05, 0) is 72.7 Å². The van der Waals surface area contributed by atoms with Gasteiger partial charge in [0.15, 0.2) is 5.82 Å². The second-order valence-electron chi connectivity index (χ2n) is 9.60. The van der Waals surface area contributed by atoms with E-state index >= 15 is 0 Å². The molecule has 0 saturated heterocycles. The Kier molecular flexibility index (Phi) is 5.46. The Bertz CT molecular complexity index is 1460. The summed E-state index contributed by atoms with van der Waals surface area (Å²) >= 11 is 6.54. The van der Waals surface area contributed by atoms with Crippen LogP contribution in [0.4, 0.5) is 11.6 Å². The van der Waals surface area contributed by atoms with Crippen LogP contribution in [0.5, 0.6) is 0 Å². The zero-order valence-corrected chi connectivity index (χ0v) is 20.2. The molecule has 2 N–H and O–H groups in total. The number of nitrogens with one attached hydrogen (secondary N) is 1. The molecule has 0 fully saturated rings. The van der Waals surface area contributed by atoms with Crippen LogP contribution in [-0.2, 0) is 24.2 Å². The third kappa shape index (κ3) is 4.05. The van der Waals surface area contributed by atoms with Crippen molar-refractivity contribution in [3.8, 4) is 5.82 Å². The number of para-hydroxylation sites is 1. The van der Waals surface area contributed by atoms with Crippen LogP contribution in [0, 0.1) is 0 Å². The Morgan fingerprint density at radius 1 is 1.26 bits per heavy atom. The SMILES string of the molecule is CN1Cc2cc(Nc3ncc(Cl)c(-n4cc(CC(=O)O)c5ccccc54)n3)cc3c2C(CCC3)C1. The van der Waals surface area contributed by atoms with Gasteiger partial charge in [0.25, 0.3) is 0 Å². The van der Waals surface area contributed by atoms with E-state index in [1.165, 1.54) is 24.0 Å². The molecule has 35 heavy (non-hydrogen) atoms. The Balaban J connectivity index is 1.39. The van der Waals surface area contributed by atoms with Crippen LogP contribution in [0.1, 0.15) is 41.0 Å². The summed E-state index contributed by atoms with van der Waals surface area (Å²) in [5.74, 6) is 0.706. The van der Waals surface area contributed by atoms with E-state index in [0.29, 0.717) is 28.3 Å². The summed E-state index contributed by atoms with van der Waals surface area (Å²) in [6.45, 7) is 2.08. The molecule has 1 unspecified atom stereocenters. The van der Waals surface area contributed by atoms with Crippen LogP contribution in [0.3, 0.4) is 0 Å². The lowest BCUT2D eigenvalue weighted by Gasteiger charge is -2.37. The largest absolute Gasteiger partial charge is 0.481 e. The molecule has 178 valence electrons. The molecule has 0 radical (unpaired) electrons. The number of likely N-dealkylation sites (N-methyl/N-ethyl adjacent to an activating group) is 1. The first-order chi connectivity index (χ1) is 17.0. The molecule has 0 saturated carbocycles. The van der Waals surface area contributed by atoms with Gasteiger partial charge in [0.05, 0.1) is 18.1 Å². The first kappa shape index (κ1) is 22.1. The smallest absolute Gasteiger partial charge is 0.307 e. The standard InChI is InChI=1S/C27H26ClN5O2/c1-32-13-17-6-4-5-16-9-20(10-19(14-32)25(16)17)30-27-29-12-22(28)26(31-27)33-15-18(11-24(34)35)21-7-2-3-8-23(21)33/h2-3,7-10,12,15,17H,4-6,11,13-14H2,1H3,(H,34,35)(H,29,30,31). The number of hydrogen-bond donors (Lipinski definition) is 2. The molecule has 1 atom stereocenters. The van der Waals surface area contributed by atoms with Crippen LogP contribution in [-0.4, -0.2) is 44.1 Å². The van der Waals surface area contributed by atoms with Crippen molar-refractivity contribution in [2.45, 2.75) is 38.1 Å². The number of anilines is 2. The van der Waals surface area contributed by atoms with Crippen molar-refractivity contribution >= 4 is 40.1 Å². The highest BCUT2D eigenvalue weighted by Crippen LogP contribution is 2.40. The van der Waals surface area contributed by atoms with Crippen LogP contribution in [0.2, 0.25) is 5.02 Å². The van der Waals surface area contributed by atoms with Crippen molar-refractivity contribution in [2.75, 3.05) is 18.9 Å². The molecule has 1 aliphatic heterocycles. The van der Waals surface area contributed by atoms with Crippen molar-refractivity contribution < 1.29 is 9.90 Å². The molecule has 8 heteroatoms. The molecule has 2 aromatic carbocycles. The van der Waals surface area contributed by atoms with E-state index in [4.69, 9.17) is 16.6 Å². The first-order valence-electron chi connectivity index (χ1n) is 11.9. The number of carboxylic acid groups (broad SMARTS) is 1. The molecule has 4 aromatic rings. The van der Waals surface area contributed by atoms with E-state index in [2.05, 4.69) is 34.4 Å². The van der Waals surface area contributed by atoms with Crippen LogP contribution < -0.4 is 5.32 Å². The maximum atomic E-state index is 11.4. The van der Waals surface area contributed by atoms with E-state index in [-0.39, 0.29) is 6.42 Å². The minimum absolute atomic E-state index is 0.0747. The number of rotatable bonds is 5. The van der Waals surface area contributed by atoms with E-state index in [1.807, 2.05) is 28.8 Å². The summed E-state index contributed by atoms with van der Waals surface area (Å²) in [5, 5.41) is 14.0. The molecule has 0 amide bonds. The molecule has 0 spiro atoms. The lowest BCUT2D eigenvalue weighted by atomic mass is 9.77. The fraction of sp³-hybridized carbons (Fsp3) is 0.296. The third-order valence-corrected chi connectivity index (χ3v) is 7.34. The van der Waals surface area contributed by atoms with Gasteiger partial charge in [0, 0.05) is 30.4 Å². The van der Waals surface area contributed by atoms with Gasteiger partial charge < -0.3 is 15.3 Å². The summed E-state index contributed by atoms with van der Waals surface area (Å²) in [7, 11) is 2.19. The maximum absolute atomic E-state index is 11.4. The number of aromatic nitrogens is 3. The summed E-state index contributed by atoms with van der Waals surface area (Å²) in [4.78, 5) is 23.0. The second-order valence-corrected chi connectivity index (χ2v) is 10.0. The summed E-state index contributed by atoms with van der Waals surface area (Å²) in [6.07, 6.45) is 6.89. The summed E-state index contributed by atoms with van der Waals surface area (Å²) in [6, 6.07) is 12.1. The minimum Gasteiger partial charge on any atom is -0.481 e. The van der Waals surface area contributed by atoms with Gasteiger partial charge >= 0.3 is 5.97 Å². The third-order valence-electron chi connectivity index (χ3n) is 7.08. The number of benzene rings is 2. The van der Waals surface area contributed by atoms with Crippen LogP contribution in [0.25, 0.3) is 16.7 Å². The highest BCUT2D eigenvalue weighted by molar-refractivity contribution is 6.32. The average molecular weight is 488 g/mol. The van der Waals surface area contributed by atoms with Gasteiger partial charge in [0.1, 0.15) is 5.02 Å². The van der Waals surface area contributed by atoms with E-state index in [9.17, 15) is 9.90 Å². The second kappa shape index (κ2) is 8.66. The number of fused-ring (bicyclic) bond motifs is 1. The minimum atomic E-state index is -0.881. The van der Waals surface area contributed by atoms with E-state index in [0.717, 1.165) is 36.1 Å². The summed E-state index contributed by atoms with van der Waals surface area (Å²) in [5.41, 5.74) is 6.90. The average Bonchev–Trinajstić information content (AvgIpc) is 3.18. The van der Waals surface area contributed by atoms with Crippen molar-refractivity contribution in [1.29, 1.82) is 0 Å². The Labute approximate surface area is 208 Å². The first-order valence-corrected chi connectivity index (χ1v) is 12.3. The normalized spacial score (nSPS) is 17.4. The van der Waals surface area contributed by atoms with Gasteiger partial charge in [-0.1, -0.05) is 29.8 Å². The fourth-order valence-electron chi connectivity index (χ4n) is 5.76. The van der Waals surface area contributed by atoms with Crippen LogP contribution >= 0.6 is 11.6 Å². The van der Waals surface area contributed by atoms with Gasteiger partial charge in [0.2, 0.25) is 5.95 Å². The zero-order chi connectivity index (χ0) is 24.1. The topological polar surface area (TPSA) is 83.3 Å². The van der Waals surface area contributed by atoms with Gasteiger partial charge in [-0.25, -0.2) is 4.98 Å².